The molecular weight excluding hydrogens is 445 g/mol. The van der Waals surface area contributed by atoms with E-state index in [0.29, 0.717) is 0 Å². The van der Waals surface area contributed by atoms with E-state index in [0.717, 1.165) is 0 Å². The molecule has 0 aliphatic carbocycles. The fourth-order valence-electron chi connectivity index (χ4n) is 3.05. The average Bonchev–Trinajstić information content (AvgIpc) is 2.73. The van der Waals surface area contributed by atoms with Gasteiger partial charge in [-0.3, -0.25) is 4.55 Å². The highest BCUT2D eigenvalue weighted by molar-refractivity contribution is 7.86. The third-order valence-electron chi connectivity index (χ3n) is 4.37. The number of hydrogen-bond donors (Lipinski definition) is 1. The molecule has 0 saturated carbocycles. The van der Waals surface area contributed by atoms with Gasteiger partial charge in [-0.1, -0.05) is 97.1 Å². The minimum absolute atomic E-state index is 0. The number of benzene rings is 4. The van der Waals surface area contributed by atoms with E-state index in [-0.39, 0.29) is 13.5 Å². The lowest BCUT2D eigenvalue weighted by atomic mass is 9.90. The SMILES string of the molecule is O=S(=O)(O)C(F)(F)F.S.c1ccc(-c2ccc3ccccc3c2-c2ccccc2)cc1. The van der Waals surface area contributed by atoms with Crippen molar-refractivity contribution in [3.05, 3.63) is 97.1 Å². The first-order valence-corrected chi connectivity index (χ1v) is 10.3. The Morgan fingerprint density at radius 2 is 1.10 bits per heavy atom. The number of hydrogen-bond acceptors (Lipinski definition) is 2. The van der Waals surface area contributed by atoms with E-state index in [1.165, 1.54) is 33.0 Å². The van der Waals surface area contributed by atoms with Crippen LogP contribution in [0.5, 0.6) is 0 Å². The van der Waals surface area contributed by atoms with Crippen LogP contribution in [0.4, 0.5) is 13.2 Å². The first-order chi connectivity index (χ1) is 14.2. The quantitative estimate of drug-likeness (QED) is 0.266. The monoisotopic (exact) mass is 464 g/mol. The van der Waals surface area contributed by atoms with E-state index in [2.05, 4.69) is 97.1 Å². The summed E-state index contributed by atoms with van der Waals surface area (Å²) in [6.45, 7) is 0. The predicted molar refractivity (Wildman–Crippen MR) is 123 cm³/mol. The first kappa shape index (κ1) is 24.5. The summed E-state index contributed by atoms with van der Waals surface area (Å²) < 4.78 is 57.5. The minimum atomic E-state index is -5.84. The smallest absolute Gasteiger partial charge is 0.279 e. The molecule has 4 aromatic rings. The Morgan fingerprint density at radius 3 is 1.61 bits per heavy atom. The molecule has 0 spiro atoms. The second kappa shape index (κ2) is 10.00. The third kappa shape index (κ3) is 5.88. The summed E-state index contributed by atoms with van der Waals surface area (Å²) in [6, 6.07) is 34.3. The van der Waals surface area contributed by atoms with Gasteiger partial charge >= 0.3 is 15.6 Å². The second-order valence-corrected chi connectivity index (χ2v) is 7.78. The molecule has 0 amide bonds. The Labute approximate surface area is 185 Å². The van der Waals surface area contributed by atoms with Crippen LogP contribution in [0, 0.1) is 0 Å². The summed E-state index contributed by atoms with van der Waals surface area (Å²) in [5.74, 6) is 0. The van der Waals surface area contributed by atoms with E-state index in [4.69, 9.17) is 13.0 Å². The van der Waals surface area contributed by atoms with Gasteiger partial charge < -0.3 is 0 Å². The van der Waals surface area contributed by atoms with Gasteiger partial charge in [-0.25, -0.2) is 0 Å². The van der Waals surface area contributed by atoms with Gasteiger partial charge in [0.2, 0.25) is 0 Å². The minimum Gasteiger partial charge on any atom is -0.279 e. The number of fused-ring (bicyclic) bond motifs is 1. The van der Waals surface area contributed by atoms with Crippen LogP contribution in [0.2, 0.25) is 0 Å². The van der Waals surface area contributed by atoms with E-state index < -0.39 is 15.6 Å². The van der Waals surface area contributed by atoms with Crippen LogP contribution in [-0.2, 0) is 10.1 Å². The molecule has 0 aliphatic heterocycles. The molecule has 4 aromatic carbocycles. The molecule has 0 aliphatic rings. The van der Waals surface area contributed by atoms with Gasteiger partial charge in [-0.15, -0.1) is 0 Å². The molecule has 31 heavy (non-hydrogen) atoms. The molecule has 162 valence electrons. The average molecular weight is 465 g/mol. The summed E-state index contributed by atoms with van der Waals surface area (Å²) in [4.78, 5) is 0. The lowest BCUT2D eigenvalue weighted by molar-refractivity contribution is -0.0510. The highest BCUT2D eigenvalue weighted by Crippen LogP contribution is 2.37. The first-order valence-electron chi connectivity index (χ1n) is 8.85. The molecule has 0 unspecified atom stereocenters. The van der Waals surface area contributed by atoms with Crippen LogP contribution in [0.3, 0.4) is 0 Å². The number of halogens is 3. The van der Waals surface area contributed by atoms with Gasteiger partial charge in [0.15, 0.2) is 0 Å². The molecule has 1 N–H and O–H groups in total. The molecule has 0 heterocycles. The largest absolute Gasteiger partial charge is 0.522 e. The van der Waals surface area contributed by atoms with Crippen LogP contribution >= 0.6 is 13.5 Å². The summed E-state index contributed by atoms with van der Waals surface area (Å²) in [7, 11) is -5.84. The van der Waals surface area contributed by atoms with Crippen molar-refractivity contribution < 1.29 is 26.1 Å². The molecular formula is C23H19F3O3S2. The zero-order valence-electron chi connectivity index (χ0n) is 16.0. The predicted octanol–water partition coefficient (Wildman–Crippen LogP) is 6.68. The maximum Gasteiger partial charge on any atom is 0.522 e. The van der Waals surface area contributed by atoms with Crippen LogP contribution in [0.1, 0.15) is 0 Å². The zero-order valence-corrected chi connectivity index (χ0v) is 17.9. The molecule has 0 aromatic heterocycles. The maximum absolute atomic E-state index is 10.7. The summed E-state index contributed by atoms with van der Waals surface area (Å²) in [5.41, 5.74) is -0.423. The van der Waals surface area contributed by atoms with Crippen molar-refractivity contribution in [1.29, 1.82) is 0 Å². The molecule has 4 rings (SSSR count). The third-order valence-corrected chi connectivity index (χ3v) is 4.95. The summed E-state index contributed by atoms with van der Waals surface area (Å²) in [5, 5.41) is 2.58. The Kier molecular flexibility index (Phi) is 7.89. The second-order valence-electron chi connectivity index (χ2n) is 6.36. The van der Waals surface area contributed by atoms with Crippen molar-refractivity contribution in [3.63, 3.8) is 0 Å². The van der Waals surface area contributed by atoms with Gasteiger partial charge in [-0.05, 0) is 33.0 Å². The van der Waals surface area contributed by atoms with Gasteiger partial charge in [0.25, 0.3) is 0 Å². The molecule has 0 radical (unpaired) electrons. The van der Waals surface area contributed by atoms with E-state index in [1.807, 2.05) is 0 Å². The van der Waals surface area contributed by atoms with Crippen molar-refractivity contribution in [3.8, 4) is 22.3 Å². The van der Waals surface area contributed by atoms with E-state index >= 15 is 0 Å². The fraction of sp³-hybridized carbons (Fsp3) is 0.0435. The lowest BCUT2D eigenvalue weighted by Crippen LogP contribution is -2.21. The standard InChI is InChI=1S/C22H16.CHF3O3S.H2S/c1-3-9-17(10-4-1)21-16-15-18-11-7-8-14-20(18)22(21)19-12-5-2-6-13-19;2-1(3,4)8(5,6)7;/h1-16H;(H,5,6,7);1H2. The molecule has 0 atom stereocenters. The number of rotatable bonds is 2. The summed E-state index contributed by atoms with van der Waals surface area (Å²) >= 11 is 0. The zero-order chi connectivity index (χ0) is 21.8. The van der Waals surface area contributed by atoms with Crippen molar-refractivity contribution >= 4 is 34.4 Å². The Bertz CT molecular complexity index is 1240. The van der Waals surface area contributed by atoms with Gasteiger partial charge in [0.05, 0.1) is 0 Å². The van der Waals surface area contributed by atoms with Crippen LogP contribution in [0.25, 0.3) is 33.0 Å². The highest BCUT2D eigenvalue weighted by atomic mass is 32.2. The van der Waals surface area contributed by atoms with Gasteiger partial charge in [0, 0.05) is 0 Å². The Morgan fingerprint density at radius 1 is 0.645 bits per heavy atom. The Balaban J connectivity index is 0.000000329. The van der Waals surface area contributed by atoms with Crippen molar-refractivity contribution in [2.45, 2.75) is 5.51 Å². The van der Waals surface area contributed by atoms with Crippen LogP contribution < -0.4 is 0 Å². The van der Waals surface area contributed by atoms with E-state index in [1.54, 1.807) is 0 Å². The van der Waals surface area contributed by atoms with Crippen molar-refractivity contribution in [2.75, 3.05) is 0 Å². The molecule has 0 saturated heterocycles. The fourth-order valence-corrected chi connectivity index (χ4v) is 3.05. The maximum atomic E-state index is 10.7. The topological polar surface area (TPSA) is 54.4 Å². The summed E-state index contributed by atoms with van der Waals surface area (Å²) in [6.07, 6.45) is 0. The van der Waals surface area contributed by atoms with Gasteiger partial charge in [-0.2, -0.15) is 35.1 Å². The highest BCUT2D eigenvalue weighted by Gasteiger charge is 2.44. The lowest BCUT2D eigenvalue weighted by Gasteiger charge is -2.14. The van der Waals surface area contributed by atoms with Crippen molar-refractivity contribution in [1.82, 2.24) is 0 Å². The van der Waals surface area contributed by atoms with E-state index in [9.17, 15) is 13.2 Å². The van der Waals surface area contributed by atoms with Gasteiger partial charge in [0.1, 0.15) is 0 Å². The van der Waals surface area contributed by atoms with Crippen molar-refractivity contribution in [2.24, 2.45) is 0 Å². The molecule has 0 fully saturated rings. The van der Waals surface area contributed by atoms with Crippen LogP contribution in [-0.4, -0.2) is 18.5 Å². The number of alkyl halides is 3. The molecule has 0 bridgehead atoms. The molecule has 8 heteroatoms. The Hall–Kier alpha value is -2.81. The molecule has 3 nitrogen and oxygen atoms in total. The van der Waals surface area contributed by atoms with Crippen LogP contribution in [0.15, 0.2) is 97.1 Å². The normalized spacial score (nSPS) is 11.2.